The lowest BCUT2D eigenvalue weighted by atomic mass is 9.83. The van der Waals surface area contributed by atoms with Crippen LogP contribution in [-0.2, 0) is 23.9 Å². The average Bonchev–Trinajstić information content (AvgIpc) is 3.28. The minimum Gasteiger partial charge on any atom is -0.349 e. The van der Waals surface area contributed by atoms with Crippen molar-refractivity contribution in [2.45, 2.75) is 75.7 Å². The van der Waals surface area contributed by atoms with E-state index in [0.717, 1.165) is 75.5 Å². The van der Waals surface area contributed by atoms with Crippen LogP contribution >= 0.6 is 0 Å². The Bertz CT molecular complexity index is 1080. The van der Waals surface area contributed by atoms with E-state index in [0.29, 0.717) is 12.0 Å². The monoisotopic (exact) mass is 504 g/mol. The molecule has 0 bridgehead atoms. The van der Waals surface area contributed by atoms with Crippen molar-refractivity contribution in [3.8, 4) is 0 Å². The standard InChI is InChI=1S/C25H31F3N6O2/c26-25(27,28)18-5-3-4-17(12-18)24(36)29-13-22(35)30-19-14-33(15-19)20-9-7-16(8-10-20)23-31-21-6-1-2-11-34(21)32-23/h3-5,12,16,19-20H,1-2,6-11,13-15H2,(H,29,36)(H,30,35)/t16-,20+. The zero-order valence-electron chi connectivity index (χ0n) is 20.1. The molecule has 1 aromatic carbocycles. The van der Waals surface area contributed by atoms with Gasteiger partial charge in [-0.2, -0.15) is 18.3 Å². The number of fused-ring (bicyclic) bond motifs is 1. The van der Waals surface area contributed by atoms with Crippen molar-refractivity contribution in [2.75, 3.05) is 19.6 Å². The molecule has 2 N–H and O–H groups in total. The number of hydrogen-bond donors (Lipinski definition) is 2. The van der Waals surface area contributed by atoms with Crippen molar-refractivity contribution in [2.24, 2.45) is 0 Å². The zero-order valence-corrected chi connectivity index (χ0v) is 20.1. The Balaban J connectivity index is 1.01. The molecule has 36 heavy (non-hydrogen) atoms. The summed E-state index contributed by atoms with van der Waals surface area (Å²) in [4.78, 5) is 31.6. The van der Waals surface area contributed by atoms with Gasteiger partial charge in [-0.15, -0.1) is 0 Å². The molecule has 8 nitrogen and oxygen atoms in total. The number of likely N-dealkylation sites (tertiary alicyclic amines) is 1. The highest BCUT2D eigenvalue weighted by atomic mass is 19.4. The number of nitrogens with one attached hydrogen (secondary N) is 2. The molecule has 2 fully saturated rings. The number of benzene rings is 1. The second kappa shape index (κ2) is 10.2. The number of carbonyl (C=O) groups is 2. The second-order valence-corrected chi connectivity index (χ2v) is 10.1. The Hall–Kier alpha value is -2.95. The number of alkyl halides is 3. The number of halogens is 3. The highest BCUT2D eigenvalue weighted by Gasteiger charge is 2.36. The van der Waals surface area contributed by atoms with Crippen LogP contribution in [0.1, 0.15) is 72.0 Å². The van der Waals surface area contributed by atoms with Crippen molar-refractivity contribution in [3.63, 3.8) is 0 Å². The Morgan fingerprint density at radius 3 is 2.58 bits per heavy atom. The van der Waals surface area contributed by atoms with Crippen molar-refractivity contribution < 1.29 is 22.8 Å². The molecule has 1 aromatic heterocycles. The molecule has 5 rings (SSSR count). The number of rotatable bonds is 6. The Labute approximate surface area is 207 Å². The SMILES string of the molecule is O=C(CNC(=O)c1cccc(C(F)(F)F)c1)NC1CN([C@H]2CC[C@@H](c3nc4n(n3)CCCC4)CC2)C1. The van der Waals surface area contributed by atoms with E-state index in [1.54, 1.807) is 0 Å². The second-order valence-electron chi connectivity index (χ2n) is 10.1. The van der Waals surface area contributed by atoms with Gasteiger partial charge in [-0.05, 0) is 56.7 Å². The predicted molar refractivity (Wildman–Crippen MR) is 125 cm³/mol. The summed E-state index contributed by atoms with van der Waals surface area (Å²) < 4.78 is 40.6. The van der Waals surface area contributed by atoms with E-state index < -0.39 is 17.6 Å². The van der Waals surface area contributed by atoms with E-state index >= 15 is 0 Å². The lowest BCUT2D eigenvalue weighted by molar-refractivity contribution is -0.137. The smallest absolute Gasteiger partial charge is 0.349 e. The van der Waals surface area contributed by atoms with Gasteiger partial charge in [0, 0.05) is 43.6 Å². The summed E-state index contributed by atoms with van der Waals surface area (Å²) in [5, 5.41) is 10.0. The first-order valence-electron chi connectivity index (χ1n) is 12.7. The van der Waals surface area contributed by atoms with Crippen LogP contribution < -0.4 is 10.6 Å². The van der Waals surface area contributed by atoms with E-state index in [1.165, 1.54) is 25.0 Å². The Kier molecular flexibility index (Phi) is 7.00. The van der Waals surface area contributed by atoms with Crippen LogP contribution in [0.15, 0.2) is 24.3 Å². The molecule has 2 amide bonds. The third-order valence-corrected chi connectivity index (χ3v) is 7.50. The van der Waals surface area contributed by atoms with Gasteiger partial charge in [-0.25, -0.2) is 9.67 Å². The largest absolute Gasteiger partial charge is 0.416 e. The third-order valence-electron chi connectivity index (χ3n) is 7.50. The van der Waals surface area contributed by atoms with E-state index in [2.05, 4.69) is 20.2 Å². The van der Waals surface area contributed by atoms with Gasteiger partial charge >= 0.3 is 6.18 Å². The van der Waals surface area contributed by atoms with Gasteiger partial charge < -0.3 is 10.6 Å². The lowest BCUT2D eigenvalue weighted by Gasteiger charge is -2.46. The first-order valence-corrected chi connectivity index (χ1v) is 12.7. The molecule has 0 radical (unpaired) electrons. The zero-order chi connectivity index (χ0) is 25.3. The van der Waals surface area contributed by atoms with E-state index in [9.17, 15) is 22.8 Å². The summed E-state index contributed by atoms with van der Waals surface area (Å²) in [5.74, 6) is 1.50. The third kappa shape index (κ3) is 5.55. The van der Waals surface area contributed by atoms with E-state index in [4.69, 9.17) is 10.1 Å². The quantitative estimate of drug-likeness (QED) is 0.631. The van der Waals surface area contributed by atoms with E-state index in [-0.39, 0.29) is 24.1 Å². The van der Waals surface area contributed by atoms with Crippen molar-refractivity contribution in [3.05, 3.63) is 47.0 Å². The first-order chi connectivity index (χ1) is 17.3. The summed E-state index contributed by atoms with van der Waals surface area (Å²) in [6, 6.07) is 4.66. The molecule has 11 heteroatoms. The molecule has 1 saturated heterocycles. The van der Waals surface area contributed by atoms with Gasteiger partial charge in [0.25, 0.3) is 5.91 Å². The molecule has 2 aromatic rings. The molecule has 1 saturated carbocycles. The Morgan fingerprint density at radius 2 is 1.86 bits per heavy atom. The number of aryl methyl sites for hydroxylation is 2. The maximum atomic E-state index is 12.8. The fraction of sp³-hybridized carbons (Fsp3) is 0.600. The van der Waals surface area contributed by atoms with Gasteiger partial charge in [0.1, 0.15) is 5.82 Å². The van der Waals surface area contributed by atoms with Crippen LogP contribution in [0.25, 0.3) is 0 Å². The lowest BCUT2D eigenvalue weighted by Crippen LogP contribution is -2.63. The number of carbonyl (C=O) groups excluding carboxylic acids is 2. The van der Waals surface area contributed by atoms with Crippen LogP contribution in [0, 0.1) is 0 Å². The van der Waals surface area contributed by atoms with Gasteiger partial charge in [0.15, 0.2) is 5.82 Å². The topological polar surface area (TPSA) is 92.2 Å². The summed E-state index contributed by atoms with van der Waals surface area (Å²) in [6.07, 6.45) is 3.19. The molecule has 1 aliphatic carbocycles. The molecular formula is C25H31F3N6O2. The molecule has 0 spiro atoms. The van der Waals surface area contributed by atoms with Gasteiger partial charge in [0.05, 0.1) is 18.2 Å². The van der Waals surface area contributed by atoms with Crippen molar-refractivity contribution in [1.29, 1.82) is 0 Å². The number of amides is 2. The predicted octanol–water partition coefficient (Wildman–Crippen LogP) is 2.89. The summed E-state index contributed by atoms with van der Waals surface area (Å²) in [5.41, 5.74) is -1.03. The molecule has 0 atom stereocenters. The van der Waals surface area contributed by atoms with Crippen molar-refractivity contribution in [1.82, 2.24) is 30.3 Å². The first kappa shape index (κ1) is 24.7. The van der Waals surface area contributed by atoms with Gasteiger partial charge in [-0.1, -0.05) is 6.07 Å². The molecule has 3 aliphatic rings. The van der Waals surface area contributed by atoms with Crippen molar-refractivity contribution >= 4 is 11.8 Å². The molecule has 2 aliphatic heterocycles. The average molecular weight is 505 g/mol. The fourth-order valence-corrected chi connectivity index (χ4v) is 5.45. The maximum Gasteiger partial charge on any atom is 0.416 e. The van der Waals surface area contributed by atoms with E-state index in [1.807, 2.05) is 0 Å². The molecule has 194 valence electrons. The Morgan fingerprint density at radius 1 is 1.08 bits per heavy atom. The maximum absolute atomic E-state index is 12.8. The highest BCUT2D eigenvalue weighted by Crippen LogP contribution is 2.35. The molecule has 0 unspecified atom stereocenters. The molecule has 3 heterocycles. The minimum absolute atomic E-state index is 0.0159. The summed E-state index contributed by atoms with van der Waals surface area (Å²) in [6.45, 7) is 2.23. The fourth-order valence-electron chi connectivity index (χ4n) is 5.45. The van der Waals surface area contributed by atoms with Gasteiger partial charge in [-0.3, -0.25) is 14.5 Å². The summed E-state index contributed by atoms with van der Waals surface area (Å²) in [7, 11) is 0. The van der Waals surface area contributed by atoms with Crippen LogP contribution in [0.2, 0.25) is 0 Å². The normalized spacial score (nSPS) is 23.0. The summed E-state index contributed by atoms with van der Waals surface area (Å²) >= 11 is 0. The number of aromatic nitrogens is 3. The number of nitrogens with zero attached hydrogens (tertiary/aromatic N) is 4. The highest BCUT2D eigenvalue weighted by molar-refractivity contribution is 5.96. The van der Waals surface area contributed by atoms with Gasteiger partial charge in [0.2, 0.25) is 5.91 Å². The number of hydrogen-bond acceptors (Lipinski definition) is 5. The van der Waals surface area contributed by atoms with Crippen LogP contribution in [-0.4, -0.2) is 63.2 Å². The van der Waals surface area contributed by atoms with Crippen LogP contribution in [0.4, 0.5) is 13.2 Å². The molecular weight excluding hydrogens is 473 g/mol. The van der Waals surface area contributed by atoms with Crippen LogP contribution in [0.5, 0.6) is 0 Å². The minimum atomic E-state index is -4.53. The van der Waals surface area contributed by atoms with Crippen LogP contribution in [0.3, 0.4) is 0 Å².